The zero-order valence-electron chi connectivity index (χ0n) is 9.79. The smallest absolute Gasteiger partial charge is 0.172 e. The van der Waals surface area contributed by atoms with Gasteiger partial charge in [-0.2, -0.15) is 0 Å². The van der Waals surface area contributed by atoms with Gasteiger partial charge in [0, 0.05) is 11.2 Å². The number of hydrogen-bond donors (Lipinski definition) is 2. The molecule has 0 aliphatic heterocycles. The van der Waals surface area contributed by atoms with Crippen LogP contribution >= 0.6 is 15.9 Å². The van der Waals surface area contributed by atoms with E-state index in [2.05, 4.69) is 15.9 Å². The first-order chi connectivity index (χ1) is 8.70. The van der Waals surface area contributed by atoms with E-state index in [4.69, 9.17) is 5.11 Å². The lowest BCUT2D eigenvalue weighted by Gasteiger charge is -2.19. The van der Waals surface area contributed by atoms with E-state index in [1.807, 2.05) is 30.3 Å². The highest BCUT2D eigenvalue weighted by Gasteiger charge is 2.45. The number of benzene rings is 1. The van der Waals surface area contributed by atoms with Crippen LogP contribution in [0, 0.1) is 5.92 Å². The molecule has 2 N–H and O–H groups in total. The molecular weight excluding hydrogens is 296 g/mol. The van der Waals surface area contributed by atoms with E-state index in [0.29, 0.717) is 11.8 Å². The van der Waals surface area contributed by atoms with Gasteiger partial charge in [-0.1, -0.05) is 46.3 Å². The fourth-order valence-electron chi connectivity index (χ4n) is 2.58. The van der Waals surface area contributed by atoms with E-state index in [9.17, 15) is 9.90 Å². The summed E-state index contributed by atoms with van der Waals surface area (Å²) in [6, 6.07) is 9.41. The Labute approximate surface area is 114 Å². The van der Waals surface area contributed by atoms with Gasteiger partial charge in [0.15, 0.2) is 5.78 Å². The molecule has 96 valence electrons. The van der Waals surface area contributed by atoms with Gasteiger partial charge in [0.2, 0.25) is 0 Å². The summed E-state index contributed by atoms with van der Waals surface area (Å²) >= 11 is 3.34. The summed E-state index contributed by atoms with van der Waals surface area (Å²) in [5, 5.41) is 19.9. The van der Waals surface area contributed by atoms with Crippen molar-refractivity contribution in [2.24, 2.45) is 5.92 Å². The number of halogens is 1. The highest BCUT2D eigenvalue weighted by molar-refractivity contribution is 9.09. The number of rotatable bonds is 3. The van der Waals surface area contributed by atoms with Crippen molar-refractivity contribution in [1.29, 1.82) is 0 Å². The van der Waals surface area contributed by atoms with Crippen molar-refractivity contribution in [2.45, 2.75) is 18.4 Å². The number of carbonyl (C=O) groups excluding carboxylic acids is 1. The van der Waals surface area contributed by atoms with Crippen LogP contribution in [-0.4, -0.2) is 27.4 Å². The number of hydrogen-bond acceptors (Lipinski definition) is 3. The van der Waals surface area contributed by atoms with Crippen LogP contribution in [0.5, 0.6) is 0 Å². The van der Waals surface area contributed by atoms with Gasteiger partial charge in [-0.05, 0) is 12.0 Å². The minimum absolute atomic E-state index is 0.120. The minimum atomic E-state index is -0.884. The molecule has 0 spiro atoms. The van der Waals surface area contributed by atoms with Crippen LogP contribution in [0.3, 0.4) is 0 Å². The quantitative estimate of drug-likeness (QED) is 0.512. The molecule has 4 heteroatoms. The highest BCUT2D eigenvalue weighted by atomic mass is 79.9. The van der Waals surface area contributed by atoms with Gasteiger partial charge >= 0.3 is 0 Å². The Hall–Kier alpha value is -1.13. The Bertz CT molecular complexity index is 455. The van der Waals surface area contributed by atoms with Crippen molar-refractivity contribution in [3.05, 3.63) is 47.7 Å². The zero-order valence-corrected chi connectivity index (χ0v) is 11.4. The Balaban J connectivity index is 2.40. The van der Waals surface area contributed by atoms with Gasteiger partial charge in [0.1, 0.15) is 0 Å². The Morgan fingerprint density at radius 1 is 1.28 bits per heavy atom. The second-order valence-corrected chi connectivity index (χ2v) is 5.22. The van der Waals surface area contributed by atoms with E-state index in [-0.39, 0.29) is 23.2 Å². The van der Waals surface area contributed by atoms with Crippen molar-refractivity contribution >= 4 is 21.7 Å². The summed E-state index contributed by atoms with van der Waals surface area (Å²) in [4.78, 5) is 12.2. The largest absolute Gasteiger partial charge is 0.515 e. The Kier molecular flexibility index (Phi) is 4.19. The molecule has 0 heterocycles. The van der Waals surface area contributed by atoms with Gasteiger partial charge in [-0.3, -0.25) is 4.79 Å². The van der Waals surface area contributed by atoms with Crippen LogP contribution in [0.1, 0.15) is 17.9 Å². The number of ketones is 1. The molecule has 3 nitrogen and oxygen atoms in total. The fourth-order valence-corrected chi connectivity index (χ4v) is 3.11. The first-order valence-corrected chi connectivity index (χ1v) is 7.00. The topological polar surface area (TPSA) is 57.5 Å². The third kappa shape index (κ3) is 2.22. The average Bonchev–Trinajstić information content (AvgIpc) is 2.62. The van der Waals surface area contributed by atoms with E-state index in [1.165, 1.54) is 0 Å². The average molecular weight is 311 g/mol. The molecule has 18 heavy (non-hydrogen) atoms. The van der Waals surface area contributed by atoms with Crippen LogP contribution in [0.25, 0.3) is 0 Å². The maximum Gasteiger partial charge on any atom is 0.172 e. The van der Waals surface area contributed by atoms with E-state index in [1.54, 1.807) is 0 Å². The summed E-state index contributed by atoms with van der Waals surface area (Å²) in [5.41, 5.74) is 1.01. The molecule has 0 aromatic heterocycles. The molecule has 3 atom stereocenters. The lowest BCUT2D eigenvalue weighted by molar-refractivity contribution is -0.116. The zero-order chi connectivity index (χ0) is 13.1. The van der Waals surface area contributed by atoms with Gasteiger partial charge in [-0.15, -0.1) is 0 Å². The third-order valence-electron chi connectivity index (χ3n) is 3.46. The summed E-state index contributed by atoms with van der Waals surface area (Å²) in [6.07, 6.45) is 0.548. The van der Waals surface area contributed by atoms with Crippen molar-refractivity contribution in [2.75, 3.05) is 5.33 Å². The summed E-state index contributed by atoms with van der Waals surface area (Å²) < 4.78 is 0. The number of Topliss-reactive ketones (excluding diaryl/α,β-unsaturated/α-hetero) is 1. The van der Waals surface area contributed by atoms with Gasteiger partial charge in [-0.25, -0.2) is 0 Å². The lowest BCUT2D eigenvalue weighted by Crippen LogP contribution is -2.20. The number of aliphatic hydroxyl groups is 2. The molecule has 2 rings (SSSR count). The van der Waals surface area contributed by atoms with Crippen LogP contribution in [0.2, 0.25) is 0 Å². The number of aliphatic hydroxyl groups excluding tert-OH is 2. The second kappa shape index (κ2) is 5.67. The third-order valence-corrected chi connectivity index (χ3v) is 3.92. The first kappa shape index (κ1) is 13.3. The lowest BCUT2D eigenvalue weighted by atomic mass is 9.86. The maximum atomic E-state index is 12.2. The predicted molar refractivity (Wildman–Crippen MR) is 72.8 cm³/mol. The van der Waals surface area contributed by atoms with E-state index in [0.717, 1.165) is 11.8 Å². The molecule has 0 radical (unpaired) electrons. The Morgan fingerprint density at radius 2 is 1.94 bits per heavy atom. The molecule has 1 aliphatic rings. The molecule has 3 unspecified atom stereocenters. The first-order valence-electron chi connectivity index (χ1n) is 5.88. The van der Waals surface area contributed by atoms with Crippen LogP contribution < -0.4 is 0 Å². The molecule has 0 saturated heterocycles. The molecule has 0 bridgehead atoms. The standard InChI is InChI=1S/C14H15BrO3/c15-7-6-10-12(9-4-2-1-3-5-9)14(18)11(8-16)13(10)17/h1-5,8,10,12-13,16-17H,6-7H2. The SMILES string of the molecule is O=C1C(=CO)C(O)C(CCBr)C1c1ccccc1. The minimum Gasteiger partial charge on any atom is -0.515 e. The predicted octanol–water partition coefficient (Wildman–Crippen LogP) is 2.56. The van der Waals surface area contributed by atoms with Crippen molar-refractivity contribution in [1.82, 2.24) is 0 Å². The molecule has 1 saturated carbocycles. The maximum absolute atomic E-state index is 12.2. The summed E-state index contributed by atoms with van der Waals surface area (Å²) in [7, 11) is 0. The van der Waals surface area contributed by atoms with E-state index >= 15 is 0 Å². The van der Waals surface area contributed by atoms with Gasteiger partial charge < -0.3 is 10.2 Å². The van der Waals surface area contributed by atoms with Crippen molar-refractivity contribution in [3.63, 3.8) is 0 Å². The molecule has 0 amide bonds. The summed E-state index contributed by atoms with van der Waals surface area (Å²) in [5.74, 6) is -0.725. The molecule has 1 aliphatic carbocycles. The fraction of sp³-hybridized carbons (Fsp3) is 0.357. The molecule has 1 fully saturated rings. The number of carbonyl (C=O) groups is 1. The van der Waals surface area contributed by atoms with Crippen molar-refractivity contribution < 1.29 is 15.0 Å². The van der Waals surface area contributed by atoms with Crippen molar-refractivity contribution in [3.8, 4) is 0 Å². The monoisotopic (exact) mass is 310 g/mol. The molecule has 1 aromatic carbocycles. The van der Waals surface area contributed by atoms with Crippen LogP contribution in [0.4, 0.5) is 0 Å². The second-order valence-electron chi connectivity index (χ2n) is 4.42. The normalized spacial score (nSPS) is 30.0. The van der Waals surface area contributed by atoms with Crippen LogP contribution in [0.15, 0.2) is 42.2 Å². The van der Waals surface area contributed by atoms with Crippen LogP contribution in [-0.2, 0) is 4.79 Å². The summed E-state index contributed by atoms with van der Waals surface area (Å²) in [6.45, 7) is 0. The molecule has 1 aromatic rings. The number of alkyl halides is 1. The highest BCUT2D eigenvalue weighted by Crippen LogP contribution is 2.42. The van der Waals surface area contributed by atoms with Gasteiger partial charge in [0.05, 0.1) is 23.9 Å². The Morgan fingerprint density at radius 3 is 2.50 bits per heavy atom. The van der Waals surface area contributed by atoms with E-state index < -0.39 is 6.10 Å². The van der Waals surface area contributed by atoms with Gasteiger partial charge in [0.25, 0.3) is 0 Å². The molecular formula is C14H15BrO3.